The van der Waals surface area contributed by atoms with Gasteiger partial charge in [-0.05, 0) is 36.0 Å². The predicted molar refractivity (Wildman–Crippen MR) is 92.8 cm³/mol. The van der Waals surface area contributed by atoms with Gasteiger partial charge in [-0.2, -0.15) is 0 Å². The van der Waals surface area contributed by atoms with E-state index in [4.69, 9.17) is 5.73 Å². The van der Waals surface area contributed by atoms with Crippen molar-refractivity contribution in [1.29, 1.82) is 0 Å². The maximum absolute atomic E-state index is 12.7. The molecule has 3 fully saturated rings. The van der Waals surface area contributed by atoms with Gasteiger partial charge in [-0.3, -0.25) is 24.6 Å². The van der Waals surface area contributed by atoms with Crippen LogP contribution in [0.15, 0.2) is 18.2 Å². The van der Waals surface area contributed by atoms with Crippen molar-refractivity contribution in [3.05, 3.63) is 34.9 Å². The van der Waals surface area contributed by atoms with E-state index in [1.807, 2.05) is 12.1 Å². The van der Waals surface area contributed by atoms with Crippen LogP contribution in [-0.2, 0) is 22.7 Å². The Kier molecular flexibility index (Phi) is 3.30. The fourth-order valence-corrected chi connectivity index (χ4v) is 4.74. The molecule has 1 aromatic carbocycles. The van der Waals surface area contributed by atoms with E-state index in [9.17, 15) is 14.4 Å². The number of carbonyl (C=O) groups is 3. The molecule has 0 spiro atoms. The summed E-state index contributed by atoms with van der Waals surface area (Å²) < 4.78 is 0. The Labute approximate surface area is 151 Å². The average Bonchev–Trinajstić information content (AvgIpc) is 2.92. The van der Waals surface area contributed by atoms with Crippen molar-refractivity contribution in [3.63, 3.8) is 0 Å². The zero-order valence-electron chi connectivity index (χ0n) is 14.5. The van der Waals surface area contributed by atoms with Crippen LogP contribution in [0.1, 0.15) is 40.7 Å². The molecule has 0 radical (unpaired) electrons. The van der Waals surface area contributed by atoms with Crippen LogP contribution in [0.3, 0.4) is 0 Å². The van der Waals surface area contributed by atoms with Gasteiger partial charge >= 0.3 is 0 Å². The first-order chi connectivity index (χ1) is 12.4. The Hall–Kier alpha value is -2.25. The van der Waals surface area contributed by atoms with Crippen LogP contribution in [0, 0.1) is 5.92 Å². The van der Waals surface area contributed by atoms with Crippen LogP contribution >= 0.6 is 0 Å². The van der Waals surface area contributed by atoms with E-state index in [0.29, 0.717) is 24.4 Å². The summed E-state index contributed by atoms with van der Waals surface area (Å²) in [5, 5.41) is 2.33. The van der Waals surface area contributed by atoms with Crippen LogP contribution < -0.4 is 11.1 Å². The Morgan fingerprint density at radius 2 is 2.12 bits per heavy atom. The summed E-state index contributed by atoms with van der Waals surface area (Å²) in [6, 6.07) is 5.39. The summed E-state index contributed by atoms with van der Waals surface area (Å²) in [5.41, 5.74) is 9.11. The summed E-state index contributed by atoms with van der Waals surface area (Å²) in [6.45, 7) is 3.26. The number of benzene rings is 1. The van der Waals surface area contributed by atoms with Gasteiger partial charge in [0.05, 0.1) is 0 Å². The van der Waals surface area contributed by atoms with Gasteiger partial charge in [0.15, 0.2) is 0 Å². The Morgan fingerprint density at radius 1 is 1.27 bits per heavy atom. The lowest BCUT2D eigenvalue weighted by Gasteiger charge is -2.29. The lowest BCUT2D eigenvalue weighted by Crippen LogP contribution is -2.52. The minimum absolute atomic E-state index is 0.0370. The molecule has 1 unspecified atom stereocenters. The molecule has 3 heterocycles. The number of nitrogens with one attached hydrogen (secondary N) is 1. The second-order valence-corrected chi connectivity index (χ2v) is 8.20. The number of carbonyl (C=O) groups excluding carboxylic acids is 3. The second kappa shape index (κ2) is 5.37. The second-order valence-electron chi connectivity index (χ2n) is 8.20. The molecule has 0 bridgehead atoms. The monoisotopic (exact) mass is 354 g/mol. The topological polar surface area (TPSA) is 95.7 Å². The Balaban J connectivity index is 1.31. The molecule has 26 heavy (non-hydrogen) atoms. The average molecular weight is 354 g/mol. The quantitative estimate of drug-likeness (QED) is 0.744. The normalized spacial score (nSPS) is 33.3. The molecule has 1 aromatic rings. The predicted octanol–water partition coefficient (Wildman–Crippen LogP) is -0.0194. The molecule has 0 aromatic heterocycles. The molecule has 7 heteroatoms. The van der Waals surface area contributed by atoms with Crippen LogP contribution in [0.4, 0.5) is 0 Å². The molecule has 4 aliphatic rings. The third-order valence-corrected chi connectivity index (χ3v) is 6.27. The highest BCUT2D eigenvalue weighted by Crippen LogP contribution is 2.47. The lowest BCUT2D eigenvalue weighted by molar-refractivity contribution is -0.136. The smallest absolute Gasteiger partial charge is 0.255 e. The van der Waals surface area contributed by atoms with Crippen LogP contribution in [0.5, 0.6) is 0 Å². The summed E-state index contributed by atoms with van der Waals surface area (Å²) in [7, 11) is 0. The molecule has 136 valence electrons. The van der Waals surface area contributed by atoms with Crippen molar-refractivity contribution >= 4 is 17.7 Å². The molecule has 3 atom stereocenters. The van der Waals surface area contributed by atoms with Gasteiger partial charge < -0.3 is 10.6 Å². The molecule has 2 saturated heterocycles. The number of hydrogen-bond donors (Lipinski definition) is 2. The van der Waals surface area contributed by atoms with Crippen molar-refractivity contribution < 1.29 is 14.4 Å². The lowest BCUT2D eigenvalue weighted by atomic mass is 10.0. The van der Waals surface area contributed by atoms with Crippen LogP contribution in [0.2, 0.25) is 0 Å². The maximum Gasteiger partial charge on any atom is 0.255 e. The molecule has 3 aliphatic heterocycles. The highest BCUT2D eigenvalue weighted by molar-refractivity contribution is 6.05. The first-order valence-corrected chi connectivity index (χ1v) is 9.21. The number of piperidine rings is 2. The van der Waals surface area contributed by atoms with Gasteiger partial charge in [-0.1, -0.05) is 12.1 Å². The first-order valence-electron chi connectivity index (χ1n) is 9.21. The standard InChI is InChI=1S/C19H22N4O3/c20-19-6-13(19)9-22(10-19)7-11-1-2-14-12(5-11)8-23(18(14)26)15-3-4-16(24)21-17(15)25/h1-2,5,13,15H,3-4,6-10,20H2,(H,21,24,25)/t13-,15?,19-/m0/s1. The number of hydrogen-bond acceptors (Lipinski definition) is 5. The Bertz CT molecular complexity index is 838. The molecule has 1 saturated carbocycles. The Morgan fingerprint density at radius 3 is 2.85 bits per heavy atom. The molecule has 5 rings (SSSR count). The molecule has 3 amide bonds. The molecule has 3 N–H and O–H groups in total. The summed E-state index contributed by atoms with van der Waals surface area (Å²) >= 11 is 0. The number of nitrogens with two attached hydrogens (primary N) is 1. The number of likely N-dealkylation sites (tertiary alicyclic amines) is 1. The van der Waals surface area contributed by atoms with Crippen molar-refractivity contribution in [3.8, 4) is 0 Å². The number of fused-ring (bicyclic) bond motifs is 2. The van der Waals surface area contributed by atoms with E-state index in [1.54, 1.807) is 4.90 Å². The van der Waals surface area contributed by atoms with Crippen molar-refractivity contribution in [2.45, 2.75) is 43.9 Å². The largest absolute Gasteiger partial charge is 0.324 e. The minimum atomic E-state index is -0.557. The number of rotatable bonds is 3. The van der Waals surface area contributed by atoms with Crippen molar-refractivity contribution in [1.82, 2.24) is 15.1 Å². The van der Waals surface area contributed by atoms with Gasteiger partial charge in [-0.15, -0.1) is 0 Å². The van der Waals surface area contributed by atoms with Crippen LogP contribution in [-0.4, -0.2) is 52.2 Å². The molecular weight excluding hydrogens is 332 g/mol. The highest BCUT2D eigenvalue weighted by atomic mass is 16.2. The summed E-state index contributed by atoms with van der Waals surface area (Å²) in [6.07, 6.45) is 1.81. The summed E-state index contributed by atoms with van der Waals surface area (Å²) in [4.78, 5) is 40.1. The van der Waals surface area contributed by atoms with E-state index in [-0.39, 0.29) is 29.7 Å². The fourth-order valence-electron chi connectivity index (χ4n) is 4.74. The van der Waals surface area contributed by atoms with E-state index in [1.165, 1.54) is 5.56 Å². The fraction of sp³-hybridized carbons (Fsp3) is 0.526. The zero-order valence-corrected chi connectivity index (χ0v) is 14.5. The number of amides is 3. The van der Waals surface area contributed by atoms with Gasteiger partial charge in [0.25, 0.3) is 5.91 Å². The zero-order chi connectivity index (χ0) is 18.1. The van der Waals surface area contributed by atoms with Gasteiger partial charge in [-0.25, -0.2) is 0 Å². The SMILES string of the molecule is N[C@]12C[C@H]1CN(Cc1ccc3c(c1)CN(C1CCC(=O)NC1=O)C3=O)C2. The van der Waals surface area contributed by atoms with E-state index < -0.39 is 6.04 Å². The number of imide groups is 1. The molecule has 7 nitrogen and oxygen atoms in total. The summed E-state index contributed by atoms with van der Waals surface area (Å²) in [5.74, 6) is -0.114. The van der Waals surface area contributed by atoms with E-state index in [0.717, 1.165) is 31.6 Å². The number of nitrogens with zero attached hydrogens (tertiary/aromatic N) is 2. The molecule has 1 aliphatic carbocycles. The van der Waals surface area contributed by atoms with Crippen LogP contribution in [0.25, 0.3) is 0 Å². The maximum atomic E-state index is 12.7. The van der Waals surface area contributed by atoms with Gasteiger partial charge in [0, 0.05) is 43.7 Å². The highest BCUT2D eigenvalue weighted by Gasteiger charge is 2.56. The van der Waals surface area contributed by atoms with Crippen molar-refractivity contribution in [2.24, 2.45) is 11.7 Å². The first kappa shape index (κ1) is 16.0. The minimum Gasteiger partial charge on any atom is -0.324 e. The van der Waals surface area contributed by atoms with E-state index >= 15 is 0 Å². The van der Waals surface area contributed by atoms with E-state index in [2.05, 4.69) is 16.3 Å². The third kappa shape index (κ3) is 2.46. The van der Waals surface area contributed by atoms with Gasteiger partial charge in [0.1, 0.15) is 6.04 Å². The van der Waals surface area contributed by atoms with Gasteiger partial charge in [0.2, 0.25) is 11.8 Å². The third-order valence-electron chi connectivity index (χ3n) is 6.27. The molecular formula is C19H22N4O3. The van der Waals surface area contributed by atoms with Crippen molar-refractivity contribution in [2.75, 3.05) is 13.1 Å².